The monoisotopic (exact) mass is 193 g/mol. The number of rotatable bonds is 6. The highest BCUT2D eigenvalue weighted by Crippen LogP contribution is 2.15. The van der Waals surface area contributed by atoms with Gasteiger partial charge in [-0.15, -0.1) is 0 Å². The Morgan fingerprint density at radius 1 is 1.29 bits per heavy atom. The van der Waals surface area contributed by atoms with E-state index in [1.165, 1.54) is 5.56 Å². The van der Waals surface area contributed by atoms with Crippen molar-refractivity contribution in [1.29, 1.82) is 0 Å². The van der Waals surface area contributed by atoms with Crippen LogP contribution >= 0.6 is 0 Å². The molecule has 2 N–H and O–H groups in total. The van der Waals surface area contributed by atoms with Gasteiger partial charge in [0.25, 0.3) is 0 Å². The summed E-state index contributed by atoms with van der Waals surface area (Å²) in [6.07, 6.45) is 2.32. The fourth-order valence-electron chi connectivity index (χ4n) is 1.34. The normalized spacial score (nSPS) is 12.7. The number of unbranched alkanes of at least 4 members (excludes halogenated alkanes) is 1. The van der Waals surface area contributed by atoms with Gasteiger partial charge in [0.05, 0.1) is 6.10 Å². The topological polar surface area (TPSA) is 35.2 Å². The Labute approximate surface area is 86.1 Å². The van der Waals surface area contributed by atoms with Gasteiger partial charge in [-0.2, -0.15) is 0 Å². The molecule has 0 radical (unpaired) electrons. The lowest BCUT2D eigenvalue weighted by atomic mass is 10.1. The van der Waals surface area contributed by atoms with Crippen molar-refractivity contribution in [1.82, 2.24) is 0 Å². The van der Waals surface area contributed by atoms with Gasteiger partial charge in [0.1, 0.15) is 0 Å². The molecule has 2 nitrogen and oxygen atoms in total. The van der Waals surface area contributed by atoms with Crippen LogP contribution in [0, 0.1) is 0 Å². The molecule has 0 spiro atoms. The van der Waals surface area contributed by atoms with E-state index in [2.05, 4.69) is 19.1 Å². The first-order valence-corrected chi connectivity index (χ1v) is 5.25. The molecular formula is C12H19NO. The summed E-state index contributed by atoms with van der Waals surface area (Å²) in [6.45, 7) is 3.50. The smallest absolute Gasteiger partial charge is 0.0947 e. The minimum Gasteiger partial charge on any atom is -0.372 e. The maximum atomic E-state index is 5.69. The van der Waals surface area contributed by atoms with Gasteiger partial charge in [-0.25, -0.2) is 0 Å². The molecule has 14 heavy (non-hydrogen) atoms. The lowest BCUT2D eigenvalue weighted by molar-refractivity contribution is 0.0566. The van der Waals surface area contributed by atoms with Gasteiger partial charge in [-0.3, -0.25) is 0 Å². The first kappa shape index (κ1) is 11.2. The van der Waals surface area contributed by atoms with Crippen molar-refractivity contribution in [2.75, 3.05) is 13.2 Å². The van der Waals surface area contributed by atoms with Crippen molar-refractivity contribution < 1.29 is 4.74 Å². The summed E-state index contributed by atoms with van der Waals surface area (Å²) in [4.78, 5) is 0. The Morgan fingerprint density at radius 2 is 2.00 bits per heavy atom. The van der Waals surface area contributed by atoms with Crippen LogP contribution in [0.2, 0.25) is 0 Å². The van der Waals surface area contributed by atoms with Crippen LogP contribution in [0.5, 0.6) is 0 Å². The molecular weight excluding hydrogens is 174 g/mol. The molecule has 0 heterocycles. The predicted molar refractivity (Wildman–Crippen MR) is 59.1 cm³/mol. The Bertz CT molecular complexity index is 235. The Morgan fingerprint density at radius 3 is 2.57 bits per heavy atom. The first-order chi connectivity index (χ1) is 6.88. The molecule has 0 saturated carbocycles. The second-order valence-corrected chi connectivity index (χ2v) is 3.36. The zero-order valence-corrected chi connectivity index (χ0v) is 8.78. The molecule has 0 amide bonds. The van der Waals surface area contributed by atoms with Crippen LogP contribution in [0.1, 0.15) is 31.4 Å². The Hall–Kier alpha value is -0.860. The molecule has 0 bridgehead atoms. The van der Waals surface area contributed by atoms with Crippen LogP contribution in [-0.2, 0) is 4.74 Å². The highest BCUT2D eigenvalue weighted by atomic mass is 16.5. The summed E-state index contributed by atoms with van der Waals surface area (Å²) in [7, 11) is 0. The van der Waals surface area contributed by atoms with Crippen molar-refractivity contribution in [2.24, 2.45) is 5.73 Å². The molecule has 0 fully saturated rings. The number of hydrogen-bond donors (Lipinski definition) is 1. The van der Waals surface area contributed by atoms with E-state index in [-0.39, 0.29) is 6.10 Å². The highest BCUT2D eigenvalue weighted by molar-refractivity contribution is 5.17. The fourth-order valence-corrected chi connectivity index (χ4v) is 1.34. The quantitative estimate of drug-likeness (QED) is 0.704. The van der Waals surface area contributed by atoms with Crippen LogP contribution in [0.3, 0.4) is 0 Å². The van der Waals surface area contributed by atoms with E-state index in [1.54, 1.807) is 0 Å². The third-order valence-electron chi connectivity index (χ3n) is 2.20. The molecule has 1 unspecified atom stereocenters. The zero-order valence-electron chi connectivity index (χ0n) is 8.78. The van der Waals surface area contributed by atoms with Gasteiger partial charge < -0.3 is 10.5 Å². The van der Waals surface area contributed by atoms with E-state index >= 15 is 0 Å². The molecule has 1 aromatic carbocycles. The van der Waals surface area contributed by atoms with Crippen LogP contribution in [0.15, 0.2) is 30.3 Å². The first-order valence-electron chi connectivity index (χ1n) is 5.25. The zero-order chi connectivity index (χ0) is 10.2. The minimum absolute atomic E-state index is 0.0581. The van der Waals surface area contributed by atoms with E-state index in [1.807, 2.05) is 18.2 Å². The van der Waals surface area contributed by atoms with Gasteiger partial charge in [0.2, 0.25) is 0 Å². The average molecular weight is 193 g/mol. The van der Waals surface area contributed by atoms with E-state index in [9.17, 15) is 0 Å². The lowest BCUT2D eigenvalue weighted by Gasteiger charge is -2.15. The summed E-state index contributed by atoms with van der Waals surface area (Å²) in [5.74, 6) is 0. The predicted octanol–water partition coefficient (Wildman–Crippen LogP) is 2.50. The standard InChI is InChI=1S/C12H19NO/c1-2-3-9-14-12(10-13)11-7-5-4-6-8-11/h4-8,12H,2-3,9-10,13H2,1H3. The molecule has 1 rings (SSSR count). The molecule has 0 aliphatic carbocycles. The largest absolute Gasteiger partial charge is 0.372 e. The van der Waals surface area contributed by atoms with Crippen molar-refractivity contribution in [2.45, 2.75) is 25.9 Å². The lowest BCUT2D eigenvalue weighted by Crippen LogP contribution is -2.16. The number of hydrogen-bond acceptors (Lipinski definition) is 2. The summed E-state index contributed by atoms with van der Waals surface area (Å²) in [6, 6.07) is 10.2. The van der Waals surface area contributed by atoms with E-state index in [0.29, 0.717) is 6.54 Å². The van der Waals surface area contributed by atoms with Crippen LogP contribution in [0.4, 0.5) is 0 Å². The molecule has 2 heteroatoms. The second-order valence-electron chi connectivity index (χ2n) is 3.36. The third-order valence-corrected chi connectivity index (χ3v) is 2.20. The van der Waals surface area contributed by atoms with Gasteiger partial charge >= 0.3 is 0 Å². The van der Waals surface area contributed by atoms with Gasteiger partial charge in [0.15, 0.2) is 0 Å². The number of benzene rings is 1. The second kappa shape index (κ2) is 6.57. The third kappa shape index (κ3) is 3.48. The maximum absolute atomic E-state index is 5.69. The van der Waals surface area contributed by atoms with E-state index in [0.717, 1.165) is 19.4 Å². The van der Waals surface area contributed by atoms with Crippen molar-refractivity contribution >= 4 is 0 Å². The Balaban J connectivity index is 2.46. The summed E-state index contributed by atoms with van der Waals surface area (Å²) in [5.41, 5.74) is 6.83. The molecule has 0 saturated heterocycles. The molecule has 0 aromatic heterocycles. The summed E-state index contributed by atoms with van der Waals surface area (Å²) in [5, 5.41) is 0. The number of ether oxygens (including phenoxy) is 1. The van der Waals surface area contributed by atoms with Crippen LogP contribution < -0.4 is 5.73 Å². The van der Waals surface area contributed by atoms with Gasteiger partial charge in [-0.1, -0.05) is 43.7 Å². The summed E-state index contributed by atoms with van der Waals surface area (Å²) < 4.78 is 5.69. The van der Waals surface area contributed by atoms with Crippen LogP contribution in [-0.4, -0.2) is 13.2 Å². The minimum atomic E-state index is 0.0581. The SMILES string of the molecule is CCCCOC(CN)c1ccccc1. The van der Waals surface area contributed by atoms with Crippen molar-refractivity contribution in [3.05, 3.63) is 35.9 Å². The van der Waals surface area contributed by atoms with E-state index < -0.39 is 0 Å². The fraction of sp³-hybridized carbons (Fsp3) is 0.500. The van der Waals surface area contributed by atoms with E-state index in [4.69, 9.17) is 10.5 Å². The average Bonchev–Trinajstić information content (AvgIpc) is 2.26. The molecule has 0 aliphatic rings. The molecule has 0 aliphatic heterocycles. The van der Waals surface area contributed by atoms with Gasteiger partial charge in [0, 0.05) is 13.2 Å². The van der Waals surface area contributed by atoms with Gasteiger partial charge in [-0.05, 0) is 12.0 Å². The molecule has 1 atom stereocenters. The van der Waals surface area contributed by atoms with Crippen LogP contribution in [0.25, 0.3) is 0 Å². The van der Waals surface area contributed by atoms with Crippen molar-refractivity contribution in [3.8, 4) is 0 Å². The summed E-state index contributed by atoms with van der Waals surface area (Å²) >= 11 is 0. The maximum Gasteiger partial charge on any atom is 0.0947 e. The molecule has 1 aromatic rings. The Kier molecular flexibility index (Phi) is 5.27. The van der Waals surface area contributed by atoms with Crippen molar-refractivity contribution in [3.63, 3.8) is 0 Å². The number of nitrogens with two attached hydrogens (primary N) is 1. The molecule has 78 valence electrons. The highest BCUT2D eigenvalue weighted by Gasteiger charge is 2.08.